The first-order valence-corrected chi connectivity index (χ1v) is 12.1. The second kappa shape index (κ2) is 12.2. The van der Waals surface area contributed by atoms with Gasteiger partial charge in [0.1, 0.15) is 5.75 Å². The molecular formula is C28H30F3N3O5. The first kappa shape index (κ1) is 29.6. The van der Waals surface area contributed by atoms with Crippen LogP contribution in [0.15, 0.2) is 48.7 Å². The summed E-state index contributed by atoms with van der Waals surface area (Å²) in [5, 5.41) is 2.81. The normalized spacial score (nSPS) is 11.7. The quantitative estimate of drug-likeness (QED) is 0.347. The van der Waals surface area contributed by atoms with Gasteiger partial charge in [0.05, 0.1) is 30.0 Å². The number of amides is 1. The van der Waals surface area contributed by atoms with E-state index in [1.807, 2.05) is 13.0 Å². The Morgan fingerprint density at radius 3 is 2.33 bits per heavy atom. The number of aromatic nitrogens is 2. The number of methoxy groups -OCH3 is 1. The van der Waals surface area contributed by atoms with Gasteiger partial charge in [0, 0.05) is 25.4 Å². The van der Waals surface area contributed by atoms with Crippen LogP contribution in [0.2, 0.25) is 0 Å². The third kappa shape index (κ3) is 7.53. The zero-order valence-corrected chi connectivity index (χ0v) is 22.3. The molecule has 8 nitrogen and oxygen atoms in total. The van der Waals surface area contributed by atoms with Gasteiger partial charge in [-0.25, -0.2) is 14.8 Å². The van der Waals surface area contributed by atoms with E-state index in [9.17, 15) is 22.8 Å². The van der Waals surface area contributed by atoms with Gasteiger partial charge < -0.3 is 19.5 Å². The van der Waals surface area contributed by atoms with Crippen LogP contribution >= 0.6 is 0 Å². The maximum Gasteiger partial charge on any atom is 0.416 e. The standard InChI is InChI=1S/C28H30F3N3O5/c1-6-38-26(36)27(3,4)39-23-12-7-18(13-17(23)2)14-33-25(35)21-15-32-24(34-22(21)16-37-5)19-8-10-20(11-9-19)28(29,30)31/h7-13,15H,6,14,16H2,1-5H3,(H,33,35). The summed E-state index contributed by atoms with van der Waals surface area (Å²) in [6.07, 6.45) is -3.13. The first-order valence-electron chi connectivity index (χ1n) is 12.1. The lowest BCUT2D eigenvalue weighted by molar-refractivity contribution is -0.158. The Hall–Kier alpha value is -3.99. The number of esters is 1. The summed E-state index contributed by atoms with van der Waals surface area (Å²) >= 11 is 0. The van der Waals surface area contributed by atoms with E-state index in [-0.39, 0.29) is 31.1 Å². The number of ether oxygens (including phenoxy) is 3. The SMILES string of the molecule is CCOC(=O)C(C)(C)Oc1ccc(CNC(=O)c2cnc(-c3ccc(C(F)(F)F)cc3)nc2COC)cc1C. The lowest BCUT2D eigenvalue weighted by Crippen LogP contribution is -2.39. The fourth-order valence-electron chi connectivity index (χ4n) is 3.64. The average Bonchev–Trinajstić information content (AvgIpc) is 2.88. The Bertz CT molecular complexity index is 1330. The molecule has 3 rings (SSSR count). The number of carbonyl (C=O) groups is 2. The number of benzene rings is 2. The topological polar surface area (TPSA) is 99.6 Å². The second-order valence-corrected chi connectivity index (χ2v) is 9.18. The van der Waals surface area contributed by atoms with Crippen molar-refractivity contribution >= 4 is 11.9 Å². The van der Waals surface area contributed by atoms with Gasteiger partial charge in [-0.05, 0) is 57.0 Å². The van der Waals surface area contributed by atoms with Crippen LogP contribution in [0.5, 0.6) is 5.75 Å². The third-order valence-electron chi connectivity index (χ3n) is 5.69. The molecule has 1 N–H and O–H groups in total. The van der Waals surface area contributed by atoms with Crippen molar-refractivity contribution in [1.29, 1.82) is 0 Å². The molecule has 1 aromatic heterocycles. The first-order chi connectivity index (χ1) is 18.4. The number of carbonyl (C=O) groups excluding carboxylic acids is 2. The van der Waals surface area contributed by atoms with Gasteiger partial charge >= 0.3 is 12.1 Å². The highest BCUT2D eigenvalue weighted by molar-refractivity contribution is 5.95. The van der Waals surface area contributed by atoms with E-state index in [1.165, 1.54) is 25.4 Å². The van der Waals surface area contributed by atoms with Crippen LogP contribution in [-0.2, 0) is 33.6 Å². The van der Waals surface area contributed by atoms with Crippen LogP contribution in [0.25, 0.3) is 11.4 Å². The number of aryl methyl sites for hydroxylation is 1. The molecule has 0 atom stereocenters. The van der Waals surface area contributed by atoms with Crippen molar-refractivity contribution in [2.45, 2.75) is 52.6 Å². The van der Waals surface area contributed by atoms with Crippen molar-refractivity contribution < 1.29 is 37.0 Å². The molecule has 0 aliphatic carbocycles. The van der Waals surface area contributed by atoms with Crippen molar-refractivity contribution in [2.75, 3.05) is 13.7 Å². The van der Waals surface area contributed by atoms with Crippen LogP contribution in [-0.4, -0.2) is 41.2 Å². The van der Waals surface area contributed by atoms with Gasteiger partial charge in [-0.2, -0.15) is 13.2 Å². The van der Waals surface area contributed by atoms with Gasteiger partial charge in [0.25, 0.3) is 5.91 Å². The Kier molecular flexibility index (Phi) is 9.28. The van der Waals surface area contributed by atoms with Gasteiger partial charge in [-0.15, -0.1) is 0 Å². The summed E-state index contributed by atoms with van der Waals surface area (Å²) in [6, 6.07) is 9.77. The Morgan fingerprint density at radius 2 is 1.74 bits per heavy atom. The minimum Gasteiger partial charge on any atom is -0.476 e. The number of hydrogen-bond acceptors (Lipinski definition) is 7. The molecule has 0 spiro atoms. The molecule has 3 aromatic rings. The summed E-state index contributed by atoms with van der Waals surface area (Å²) in [7, 11) is 1.44. The molecule has 1 heterocycles. The summed E-state index contributed by atoms with van der Waals surface area (Å²) in [6.45, 7) is 7.24. The van der Waals surface area contributed by atoms with Crippen molar-refractivity contribution in [3.05, 3.63) is 76.6 Å². The van der Waals surface area contributed by atoms with Crippen LogP contribution in [0.1, 0.15) is 53.5 Å². The van der Waals surface area contributed by atoms with Crippen molar-refractivity contribution in [3.8, 4) is 17.1 Å². The fourth-order valence-corrected chi connectivity index (χ4v) is 3.64. The largest absolute Gasteiger partial charge is 0.476 e. The second-order valence-electron chi connectivity index (χ2n) is 9.18. The number of nitrogens with zero attached hydrogens (tertiary/aromatic N) is 2. The number of hydrogen-bond donors (Lipinski definition) is 1. The number of halogens is 3. The van der Waals surface area contributed by atoms with Crippen LogP contribution in [0, 0.1) is 6.92 Å². The Balaban J connectivity index is 1.72. The molecule has 1 amide bonds. The number of nitrogens with one attached hydrogen (secondary N) is 1. The molecule has 0 aliphatic rings. The Morgan fingerprint density at radius 1 is 1.05 bits per heavy atom. The highest BCUT2D eigenvalue weighted by Crippen LogP contribution is 2.30. The predicted octanol–water partition coefficient (Wildman–Crippen LogP) is 5.27. The minimum absolute atomic E-state index is 0.000301. The fraction of sp³-hybridized carbons (Fsp3) is 0.357. The molecule has 0 fully saturated rings. The van der Waals surface area contributed by atoms with Gasteiger partial charge in [-0.1, -0.05) is 24.3 Å². The van der Waals surface area contributed by atoms with E-state index in [2.05, 4.69) is 15.3 Å². The molecule has 0 aliphatic heterocycles. The monoisotopic (exact) mass is 545 g/mol. The van der Waals surface area contributed by atoms with Crippen molar-refractivity contribution in [1.82, 2.24) is 15.3 Å². The van der Waals surface area contributed by atoms with Crippen LogP contribution in [0.4, 0.5) is 13.2 Å². The van der Waals surface area contributed by atoms with Crippen molar-refractivity contribution in [3.63, 3.8) is 0 Å². The maximum atomic E-state index is 12.9. The van der Waals surface area contributed by atoms with E-state index in [0.717, 1.165) is 23.3 Å². The molecule has 2 aromatic carbocycles. The molecule has 11 heteroatoms. The molecule has 0 unspecified atom stereocenters. The van der Waals surface area contributed by atoms with E-state index in [4.69, 9.17) is 14.2 Å². The van der Waals surface area contributed by atoms with Crippen LogP contribution in [0.3, 0.4) is 0 Å². The third-order valence-corrected chi connectivity index (χ3v) is 5.69. The summed E-state index contributed by atoms with van der Waals surface area (Å²) in [4.78, 5) is 33.6. The molecule has 0 bridgehead atoms. The van der Waals surface area contributed by atoms with Gasteiger partial charge in [0.2, 0.25) is 0 Å². The maximum absolute atomic E-state index is 12.9. The van der Waals surface area contributed by atoms with E-state index in [0.29, 0.717) is 17.0 Å². The molecule has 0 saturated carbocycles. The summed E-state index contributed by atoms with van der Waals surface area (Å²) in [5.74, 6) is -0.233. The smallest absolute Gasteiger partial charge is 0.416 e. The Labute approximate surface area is 224 Å². The highest BCUT2D eigenvalue weighted by Gasteiger charge is 2.32. The lowest BCUT2D eigenvalue weighted by Gasteiger charge is -2.25. The van der Waals surface area contributed by atoms with Crippen LogP contribution < -0.4 is 10.1 Å². The summed E-state index contributed by atoms with van der Waals surface area (Å²) in [5.41, 5.74) is 0.455. The van der Waals surface area contributed by atoms with Gasteiger partial charge in [-0.3, -0.25) is 4.79 Å². The minimum atomic E-state index is -4.45. The molecule has 208 valence electrons. The zero-order valence-electron chi connectivity index (χ0n) is 22.3. The average molecular weight is 546 g/mol. The molecule has 0 radical (unpaired) electrons. The van der Waals surface area contributed by atoms with Crippen molar-refractivity contribution in [2.24, 2.45) is 0 Å². The van der Waals surface area contributed by atoms with Gasteiger partial charge in [0.15, 0.2) is 11.4 Å². The van der Waals surface area contributed by atoms with E-state index < -0.39 is 29.2 Å². The number of alkyl halides is 3. The summed E-state index contributed by atoms with van der Waals surface area (Å²) < 4.78 is 54.7. The molecule has 0 saturated heterocycles. The molecular weight excluding hydrogens is 515 g/mol. The highest BCUT2D eigenvalue weighted by atomic mass is 19.4. The molecule has 39 heavy (non-hydrogen) atoms. The van der Waals surface area contributed by atoms with E-state index >= 15 is 0 Å². The zero-order chi connectivity index (χ0) is 28.8. The number of rotatable bonds is 10. The lowest BCUT2D eigenvalue weighted by atomic mass is 10.1. The van der Waals surface area contributed by atoms with E-state index in [1.54, 1.807) is 32.9 Å². The predicted molar refractivity (Wildman–Crippen MR) is 137 cm³/mol.